The van der Waals surface area contributed by atoms with E-state index in [4.69, 9.17) is 0 Å². The highest BCUT2D eigenvalue weighted by atomic mass is 16.1. The van der Waals surface area contributed by atoms with Crippen LogP contribution in [0.1, 0.15) is 35.6 Å². The van der Waals surface area contributed by atoms with Crippen LogP contribution in [0.2, 0.25) is 0 Å². The normalized spacial score (nSPS) is 10.7. The number of hydrogen-bond acceptors (Lipinski definition) is 2. The second-order valence-electron chi connectivity index (χ2n) is 5.67. The largest absolute Gasteiger partial charge is 0.380 e. The predicted molar refractivity (Wildman–Crippen MR) is 89.0 cm³/mol. The third-order valence-electron chi connectivity index (χ3n) is 3.88. The molecule has 0 aliphatic heterocycles. The van der Waals surface area contributed by atoms with Crippen LogP contribution in [0.3, 0.4) is 0 Å². The Labute approximate surface area is 126 Å². The molecule has 112 valence electrons. The topological polar surface area (TPSA) is 34.0 Å². The SMILES string of the molecule is CCCn1cc(NCc2cc(C)c(C)cc2C)ccc1=O. The summed E-state index contributed by atoms with van der Waals surface area (Å²) in [5.41, 5.74) is 6.28. The Bertz CT molecular complexity index is 686. The van der Waals surface area contributed by atoms with Crippen LogP contribution in [0.5, 0.6) is 0 Å². The number of nitrogens with one attached hydrogen (secondary N) is 1. The van der Waals surface area contributed by atoms with Crippen molar-refractivity contribution in [3.05, 3.63) is 63.1 Å². The summed E-state index contributed by atoms with van der Waals surface area (Å²) >= 11 is 0. The Morgan fingerprint density at radius 1 is 1.05 bits per heavy atom. The van der Waals surface area contributed by atoms with Crippen molar-refractivity contribution in [2.45, 2.75) is 47.2 Å². The maximum atomic E-state index is 11.7. The number of anilines is 1. The maximum absolute atomic E-state index is 11.7. The van der Waals surface area contributed by atoms with E-state index in [2.05, 4.69) is 45.1 Å². The van der Waals surface area contributed by atoms with Gasteiger partial charge in [-0.15, -0.1) is 0 Å². The highest BCUT2D eigenvalue weighted by Crippen LogP contribution is 2.16. The fourth-order valence-corrected chi connectivity index (χ4v) is 2.46. The van der Waals surface area contributed by atoms with Crippen LogP contribution >= 0.6 is 0 Å². The van der Waals surface area contributed by atoms with E-state index in [0.29, 0.717) is 0 Å². The number of benzene rings is 1. The zero-order valence-corrected chi connectivity index (χ0v) is 13.4. The first kappa shape index (κ1) is 15.4. The average Bonchev–Trinajstić information content (AvgIpc) is 2.45. The zero-order chi connectivity index (χ0) is 15.4. The van der Waals surface area contributed by atoms with Crippen molar-refractivity contribution in [1.82, 2.24) is 4.57 Å². The average molecular weight is 284 g/mol. The molecule has 0 fully saturated rings. The summed E-state index contributed by atoms with van der Waals surface area (Å²) in [6.07, 6.45) is 2.86. The summed E-state index contributed by atoms with van der Waals surface area (Å²) in [6.45, 7) is 10.0. The van der Waals surface area contributed by atoms with Gasteiger partial charge < -0.3 is 9.88 Å². The van der Waals surface area contributed by atoms with Gasteiger partial charge in [0.05, 0.1) is 5.69 Å². The number of aromatic nitrogens is 1. The van der Waals surface area contributed by atoms with Gasteiger partial charge >= 0.3 is 0 Å². The number of rotatable bonds is 5. The van der Waals surface area contributed by atoms with Gasteiger partial charge in [-0.25, -0.2) is 0 Å². The lowest BCUT2D eigenvalue weighted by molar-refractivity contribution is 0.655. The first-order valence-corrected chi connectivity index (χ1v) is 7.52. The van der Waals surface area contributed by atoms with Crippen LogP contribution in [0.25, 0.3) is 0 Å². The molecule has 1 aromatic heterocycles. The van der Waals surface area contributed by atoms with E-state index >= 15 is 0 Å². The molecule has 0 saturated carbocycles. The Morgan fingerprint density at radius 3 is 2.48 bits per heavy atom. The second-order valence-corrected chi connectivity index (χ2v) is 5.67. The lowest BCUT2D eigenvalue weighted by atomic mass is 10.0. The van der Waals surface area contributed by atoms with Gasteiger partial charge in [-0.1, -0.05) is 19.1 Å². The van der Waals surface area contributed by atoms with Crippen molar-refractivity contribution < 1.29 is 0 Å². The van der Waals surface area contributed by atoms with E-state index in [-0.39, 0.29) is 5.56 Å². The fourth-order valence-electron chi connectivity index (χ4n) is 2.46. The highest BCUT2D eigenvalue weighted by Gasteiger charge is 2.03. The minimum absolute atomic E-state index is 0.0600. The van der Waals surface area contributed by atoms with Crippen LogP contribution in [0.4, 0.5) is 5.69 Å². The molecule has 3 nitrogen and oxygen atoms in total. The standard InChI is InChI=1S/C18H24N2O/c1-5-8-20-12-17(6-7-18(20)21)19-11-16-10-14(3)13(2)9-15(16)4/h6-7,9-10,12,19H,5,8,11H2,1-4H3. The predicted octanol–water partition coefficient (Wildman–Crippen LogP) is 3.80. The number of pyridine rings is 1. The molecule has 0 saturated heterocycles. The molecule has 0 spiro atoms. The molecule has 0 aliphatic rings. The van der Waals surface area contributed by atoms with E-state index < -0.39 is 0 Å². The molecule has 3 heteroatoms. The summed E-state index contributed by atoms with van der Waals surface area (Å²) < 4.78 is 1.76. The second kappa shape index (κ2) is 6.61. The molecule has 0 bridgehead atoms. The molecule has 2 aromatic rings. The van der Waals surface area contributed by atoms with Gasteiger partial charge in [-0.3, -0.25) is 4.79 Å². The zero-order valence-electron chi connectivity index (χ0n) is 13.4. The van der Waals surface area contributed by atoms with Gasteiger partial charge in [-0.2, -0.15) is 0 Å². The molecule has 1 aromatic carbocycles. The number of nitrogens with zero attached hydrogens (tertiary/aromatic N) is 1. The van der Waals surface area contributed by atoms with Crippen LogP contribution in [0.15, 0.2) is 35.3 Å². The van der Waals surface area contributed by atoms with E-state index in [0.717, 1.165) is 25.2 Å². The quantitative estimate of drug-likeness (QED) is 0.906. The van der Waals surface area contributed by atoms with Crippen molar-refractivity contribution in [1.29, 1.82) is 0 Å². The van der Waals surface area contributed by atoms with Crippen molar-refractivity contribution in [2.24, 2.45) is 0 Å². The molecule has 0 radical (unpaired) electrons. The third kappa shape index (κ3) is 3.75. The number of aryl methyl sites for hydroxylation is 4. The summed E-state index contributed by atoms with van der Waals surface area (Å²) in [4.78, 5) is 11.7. The molecule has 0 amide bonds. The Hall–Kier alpha value is -2.03. The molecule has 21 heavy (non-hydrogen) atoms. The molecule has 0 unspecified atom stereocenters. The monoisotopic (exact) mass is 284 g/mol. The van der Waals surface area contributed by atoms with Gasteiger partial charge in [0, 0.05) is 25.4 Å². The molecule has 1 heterocycles. The van der Waals surface area contributed by atoms with Crippen molar-refractivity contribution in [3.8, 4) is 0 Å². The summed E-state index contributed by atoms with van der Waals surface area (Å²) in [5, 5.41) is 3.41. The van der Waals surface area contributed by atoms with E-state index in [1.807, 2.05) is 12.3 Å². The lowest BCUT2D eigenvalue weighted by Gasteiger charge is -2.13. The van der Waals surface area contributed by atoms with Gasteiger partial charge in [0.25, 0.3) is 5.56 Å². The van der Waals surface area contributed by atoms with Crippen LogP contribution in [-0.2, 0) is 13.1 Å². The summed E-state index contributed by atoms with van der Waals surface area (Å²) in [5.74, 6) is 0. The van der Waals surface area contributed by atoms with Gasteiger partial charge in [-0.05, 0) is 55.5 Å². The van der Waals surface area contributed by atoms with Crippen LogP contribution < -0.4 is 10.9 Å². The van der Waals surface area contributed by atoms with E-state index in [1.54, 1.807) is 10.6 Å². The summed E-state index contributed by atoms with van der Waals surface area (Å²) in [6, 6.07) is 7.94. The molecular formula is C18H24N2O. The van der Waals surface area contributed by atoms with Crippen molar-refractivity contribution in [3.63, 3.8) is 0 Å². The number of hydrogen-bond donors (Lipinski definition) is 1. The molecule has 0 atom stereocenters. The van der Waals surface area contributed by atoms with Gasteiger partial charge in [0.1, 0.15) is 0 Å². The molecule has 2 rings (SSSR count). The molecular weight excluding hydrogens is 260 g/mol. The maximum Gasteiger partial charge on any atom is 0.250 e. The third-order valence-corrected chi connectivity index (χ3v) is 3.88. The Balaban J connectivity index is 2.15. The van der Waals surface area contributed by atoms with Crippen LogP contribution in [0, 0.1) is 20.8 Å². The minimum Gasteiger partial charge on any atom is -0.380 e. The van der Waals surface area contributed by atoms with Crippen molar-refractivity contribution >= 4 is 5.69 Å². The van der Waals surface area contributed by atoms with Crippen LogP contribution in [-0.4, -0.2) is 4.57 Å². The first-order chi connectivity index (χ1) is 10.0. The van der Waals surface area contributed by atoms with Gasteiger partial charge in [0.15, 0.2) is 0 Å². The molecule has 0 aliphatic carbocycles. The Morgan fingerprint density at radius 2 is 1.76 bits per heavy atom. The fraction of sp³-hybridized carbons (Fsp3) is 0.389. The van der Waals surface area contributed by atoms with Gasteiger partial charge in [0.2, 0.25) is 0 Å². The smallest absolute Gasteiger partial charge is 0.250 e. The first-order valence-electron chi connectivity index (χ1n) is 7.52. The van der Waals surface area contributed by atoms with E-state index in [1.165, 1.54) is 22.3 Å². The molecule has 1 N–H and O–H groups in total. The lowest BCUT2D eigenvalue weighted by Crippen LogP contribution is -2.18. The van der Waals surface area contributed by atoms with E-state index in [9.17, 15) is 4.79 Å². The summed E-state index contributed by atoms with van der Waals surface area (Å²) in [7, 11) is 0. The highest BCUT2D eigenvalue weighted by molar-refractivity contribution is 5.43. The Kier molecular flexibility index (Phi) is 4.84. The van der Waals surface area contributed by atoms with Crippen molar-refractivity contribution in [2.75, 3.05) is 5.32 Å². The minimum atomic E-state index is 0.0600.